The summed E-state index contributed by atoms with van der Waals surface area (Å²) >= 11 is 0. The Hall–Kier alpha value is -1.07. The highest BCUT2D eigenvalue weighted by molar-refractivity contribution is 7.89. The van der Waals surface area contributed by atoms with E-state index in [1.807, 2.05) is 0 Å². The second-order valence-corrected chi connectivity index (χ2v) is 7.39. The lowest BCUT2D eigenvalue weighted by molar-refractivity contribution is 0.400. The van der Waals surface area contributed by atoms with Gasteiger partial charge in [0.15, 0.2) is 0 Å². The van der Waals surface area contributed by atoms with E-state index in [4.69, 9.17) is 0 Å². The molecule has 19 heavy (non-hydrogen) atoms. The minimum absolute atomic E-state index is 0.0275. The average molecular weight is 281 g/mol. The Morgan fingerprint density at radius 3 is 2.26 bits per heavy atom. The van der Waals surface area contributed by atoms with E-state index in [0.29, 0.717) is 24.3 Å². The van der Waals surface area contributed by atoms with Crippen LogP contribution in [0.1, 0.15) is 25.7 Å². The molecule has 5 heteroatoms. The Bertz CT molecular complexity index is 550. The monoisotopic (exact) mass is 281 g/mol. The van der Waals surface area contributed by atoms with Crippen LogP contribution in [0.4, 0.5) is 0 Å². The third-order valence-electron chi connectivity index (χ3n) is 4.12. The average Bonchev–Trinajstić information content (AvgIpc) is 3.24. The second kappa shape index (κ2) is 4.80. The molecule has 1 aromatic carbocycles. The molecule has 0 bridgehead atoms. The first-order chi connectivity index (χ1) is 9.08. The first kappa shape index (κ1) is 12.9. The Balaban J connectivity index is 1.69. The lowest BCUT2D eigenvalue weighted by Crippen LogP contribution is -2.31. The van der Waals surface area contributed by atoms with Gasteiger partial charge in [0.25, 0.3) is 0 Å². The minimum Gasteiger partial charge on any atom is -0.507 e. The normalized spacial score (nSPS) is 19.8. The van der Waals surface area contributed by atoms with Gasteiger partial charge in [0.2, 0.25) is 10.0 Å². The van der Waals surface area contributed by atoms with Crippen molar-refractivity contribution >= 4 is 10.0 Å². The molecule has 0 spiro atoms. The Morgan fingerprint density at radius 2 is 1.74 bits per heavy atom. The summed E-state index contributed by atoms with van der Waals surface area (Å²) in [5.74, 6) is 1.71. The van der Waals surface area contributed by atoms with Crippen molar-refractivity contribution < 1.29 is 13.5 Å². The zero-order chi connectivity index (χ0) is 13.5. The third kappa shape index (κ3) is 2.92. The molecule has 2 aliphatic rings. The van der Waals surface area contributed by atoms with Gasteiger partial charge >= 0.3 is 0 Å². The van der Waals surface area contributed by atoms with Gasteiger partial charge in [0, 0.05) is 6.54 Å². The summed E-state index contributed by atoms with van der Waals surface area (Å²) in [5.41, 5.74) is 0. The van der Waals surface area contributed by atoms with Crippen LogP contribution in [0, 0.1) is 17.8 Å². The van der Waals surface area contributed by atoms with E-state index in [0.717, 1.165) is 0 Å². The van der Waals surface area contributed by atoms with E-state index in [1.54, 1.807) is 12.1 Å². The fourth-order valence-corrected chi connectivity index (χ4v) is 3.90. The smallest absolute Gasteiger partial charge is 0.244 e. The van der Waals surface area contributed by atoms with Crippen molar-refractivity contribution in [3.63, 3.8) is 0 Å². The first-order valence-corrected chi connectivity index (χ1v) is 8.34. The van der Waals surface area contributed by atoms with Gasteiger partial charge in [-0.15, -0.1) is 0 Å². The van der Waals surface area contributed by atoms with Crippen LogP contribution in [0.3, 0.4) is 0 Å². The number of hydrogen-bond donors (Lipinski definition) is 2. The first-order valence-electron chi connectivity index (χ1n) is 6.85. The Morgan fingerprint density at radius 1 is 1.16 bits per heavy atom. The van der Waals surface area contributed by atoms with E-state index in [1.165, 1.54) is 37.8 Å². The van der Waals surface area contributed by atoms with Crippen LogP contribution in [-0.2, 0) is 10.0 Å². The summed E-state index contributed by atoms with van der Waals surface area (Å²) in [6.07, 6.45) is 4.94. The van der Waals surface area contributed by atoms with Crippen LogP contribution in [0.15, 0.2) is 29.2 Å². The number of phenolic OH excluding ortho intramolecular Hbond substituents is 1. The summed E-state index contributed by atoms with van der Waals surface area (Å²) in [5, 5.41) is 9.64. The number of nitrogens with one attached hydrogen (secondary N) is 1. The maximum atomic E-state index is 12.2. The van der Waals surface area contributed by atoms with E-state index < -0.39 is 10.0 Å². The number of rotatable bonds is 6. The van der Waals surface area contributed by atoms with Crippen LogP contribution in [0.2, 0.25) is 0 Å². The van der Waals surface area contributed by atoms with Gasteiger partial charge in [-0.2, -0.15) is 0 Å². The van der Waals surface area contributed by atoms with Crippen molar-refractivity contribution in [1.82, 2.24) is 4.72 Å². The largest absolute Gasteiger partial charge is 0.507 e. The van der Waals surface area contributed by atoms with Crippen molar-refractivity contribution in [2.24, 2.45) is 17.8 Å². The molecule has 104 valence electrons. The fourth-order valence-electron chi connectivity index (χ4n) is 2.74. The number of benzene rings is 1. The molecule has 4 nitrogen and oxygen atoms in total. The lowest BCUT2D eigenvalue weighted by atomic mass is 9.99. The van der Waals surface area contributed by atoms with Gasteiger partial charge in [0.1, 0.15) is 10.6 Å². The molecule has 2 N–H and O–H groups in total. The van der Waals surface area contributed by atoms with Crippen molar-refractivity contribution in [2.45, 2.75) is 30.6 Å². The summed E-state index contributed by atoms with van der Waals surface area (Å²) in [6, 6.07) is 6.06. The molecule has 0 aromatic heterocycles. The van der Waals surface area contributed by atoms with Crippen molar-refractivity contribution in [3.8, 4) is 5.75 Å². The molecule has 0 heterocycles. The number of phenols is 1. The number of aromatic hydroxyl groups is 1. The summed E-state index contributed by atoms with van der Waals surface area (Å²) in [6.45, 7) is 0.506. The van der Waals surface area contributed by atoms with Crippen LogP contribution < -0.4 is 4.72 Å². The summed E-state index contributed by atoms with van der Waals surface area (Å²) < 4.78 is 27.0. The van der Waals surface area contributed by atoms with Crippen LogP contribution in [-0.4, -0.2) is 20.1 Å². The molecule has 2 fully saturated rings. The predicted molar refractivity (Wildman–Crippen MR) is 72.2 cm³/mol. The SMILES string of the molecule is O=S(=O)(NCC(C1CC1)C1CC1)c1ccccc1O. The van der Waals surface area contributed by atoms with E-state index in [-0.39, 0.29) is 10.6 Å². The molecular weight excluding hydrogens is 262 g/mol. The minimum atomic E-state index is -3.60. The molecular formula is C14H19NO3S. The molecule has 2 saturated carbocycles. The van der Waals surface area contributed by atoms with Crippen molar-refractivity contribution in [3.05, 3.63) is 24.3 Å². The molecule has 0 radical (unpaired) electrons. The third-order valence-corrected chi connectivity index (χ3v) is 5.59. The fraction of sp³-hybridized carbons (Fsp3) is 0.571. The molecule has 0 atom stereocenters. The van der Waals surface area contributed by atoms with Gasteiger partial charge in [-0.3, -0.25) is 0 Å². The van der Waals surface area contributed by atoms with Crippen molar-refractivity contribution in [1.29, 1.82) is 0 Å². The summed E-state index contributed by atoms with van der Waals surface area (Å²) in [7, 11) is -3.60. The summed E-state index contributed by atoms with van der Waals surface area (Å²) in [4.78, 5) is -0.0275. The van der Waals surface area contributed by atoms with Gasteiger partial charge in [0.05, 0.1) is 0 Å². The number of sulfonamides is 1. The van der Waals surface area contributed by atoms with Gasteiger partial charge in [-0.1, -0.05) is 12.1 Å². The van der Waals surface area contributed by atoms with Gasteiger partial charge in [-0.05, 0) is 55.6 Å². The van der Waals surface area contributed by atoms with E-state index in [9.17, 15) is 13.5 Å². The number of para-hydroxylation sites is 1. The van der Waals surface area contributed by atoms with Crippen LogP contribution in [0.25, 0.3) is 0 Å². The molecule has 0 amide bonds. The molecule has 2 aliphatic carbocycles. The van der Waals surface area contributed by atoms with Gasteiger partial charge < -0.3 is 5.11 Å². The molecule has 0 aliphatic heterocycles. The van der Waals surface area contributed by atoms with Crippen LogP contribution >= 0.6 is 0 Å². The molecule has 0 saturated heterocycles. The highest BCUT2D eigenvalue weighted by Gasteiger charge is 2.41. The highest BCUT2D eigenvalue weighted by Crippen LogP contribution is 2.48. The topological polar surface area (TPSA) is 66.4 Å². The Labute approximate surface area is 113 Å². The maximum absolute atomic E-state index is 12.2. The maximum Gasteiger partial charge on any atom is 0.244 e. The number of hydrogen-bond acceptors (Lipinski definition) is 3. The lowest BCUT2D eigenvalue weighted by Gasteiger charge is -2.16. The van der Waals surface area contributed by atoms with E-state index >= 15 is 0 Å². The Kier molecular flexibility index (Phi) is 3.27. The highest BCUT2D eigenvalue weighted by atomic mass is 32.2. The molecule has 1 aromatic rings. The zero-order valence-corrected chi connectivity index (χ0v) is 11.6. The second-order valence-electron chi connectivity index (χ2n) is 5.66. The quantitative estimate of drug-likeness (QED) is 0.839. The van der Waals surface area contributed by atoms with Crippen molar-refractivity contribution in [2.75, 3.05) is 6.54 Å². The van der Waals surface area contributed by atoms with Gasteiger partial charge in [-0.25, -0.2) is 13.1 Å². The molecule has 3 rings (SSSR count). The van der Waals surface area contributed by atoms with E-state index in [2.05, 4.69) is 4.72 Å². The van der Waals surface area contributed by atoms with Crippen LogP contribution in [0.5, 0.6) is 5.75 Å². The predicted octanol–water partition coefficient (Wildman–Crippen LogP) is 2.11. The standard InChI is InChI=1S/C14H19NO3S/c16-13-3-1-2-4-14(13)19(17,18)15-9-12(10-5-6-10)11-7-8-11/h1-4,10-12,15-16H,5-9H2. The molecule has 0 unspecified atom stereocenters. The zero-order valence-electron chi connectivity index (χ0n) is 10.7.